The summed E-state index contributed by atoms with van der Waals surface area (Å²) in [5.41, 5.74) is 1.34. The third-order valence-electron chi connectivity index (χ3n) is 6.36. The maximum atomic E-state index is 5.29. The summed E-state index contributed by atoms with van der Waals surface area (Å²) in [4.78, 5) is 2.53. The topological polar surface area (TPSA) is 13.1 Å². The molecule has 1 aromatic heterocycles. The molecule has 0 bridgehead atoms. The molecule has 0 radical (unpaired) electrons. The summed E-state index contributed by atoms with van der Waals surface area (Å²) in [5.74, 6) is 1.91. The molecule has 1 fully saturated rings. The summed E-state index contributed by atoms with van der Waals surface area (Å²) in [6.45, 7) is 1.10. The van der Waals surface area contributed by atoms with Crippen LogP contribution in [0.1, 0.15) is 57.8 Å². The Labute approximate surface area is 208 Å². The third kappa shape index (κ3) is 7.11. The van der Waals surface area contributed by atoms with Crippen LogP contribution in [-0.4, -0.2) is 7.11 Å². The van der Waals surface area contributed by atoms with E-state index < -0.39 is 0 Å². The minimum atomic E-state index is 0. The molecule has 1 aliphatic rings. The maximum Gasteiger partial charge on any atom is 0.212 e. The van der Waals surface area contributed by atoms with E-state index in [0.29, 0.717) is 0 Å². The van der Waals surface area contributed by atoms with Gasteiger partial charge in [0, 0.05) is 22.8 Å². The first-order valence-electron chi connectivity index (χ1n) is 11.6. The molecule has 0 N–H and O–H groups in total. The third-order valence-corrected chi connectivity index (χ3v) is 7.33. The number of nitrogens with zero attached hydrogens (tertiary/aromatic N) is 1. The standard InChI is InChI=1S/C27H34NOS.HI/c1-29-24-15-17-25(18-16-24)30-26-20-23-13-7-8-14-27(23)28(21-26)19-9-3-6-12-22-10-4-2-5-11-22;/h7-8,13-18,20-22H,2-6,9-12,19H2,1H3;1H/q+1;/p-1. The minimum absolute atomic E-state index is 0. The summed E-state index contributed by atoms with van der Waals surface area (Å²) < 4.78 is 7.75. The van der Waals surface area contributed by atoms with Gasteiger partial charge in [0.1, 0.15) is 12.3 Å². The van der Waals surface area contributed by atoms with Crippen molar-refractivity contribution in [3.05, 3.63) is 60.8 Å². The van der Waals surface area contributed by atoms with Crippen molar-refractivity contribution < 1.29 is 33.3 Å². The molecule has 1 heterocycles. The average molecular weight is 548 g/mol. The largest absolute Gasteiger partial charge is 1.00 e. The summed E-state index contributed by atoms with van der Waals surface area (Å²) in [5, 5.41) is 1.32. The zero-order chi connectivity index (χ0) is 20.6. The molecule has 1 saturated carbocycles. The molecular weight excluding hydrogens is 513 g/mol. The molecule has 3 aromatic rings. The van der Waals surface area contributed by atoms with E-state index in [-0.39, 0.29) is 24.0 Å². The lowest BCUT2D eigenvalue weighted by atomic mass is 9.85. The number of aryl methyl sites for hydroxylation is 1. The van der Waals surface area contributed by atoms with Crippen LogP contribution >= 0.6 is 11.8 Å². The number of hydrogen-bond acceptors (Lipinski definition) is 2. The molecule has 0 unspecified atom stereocenters. The van der Waals surface area contributed by atoms with Gasteiger partial charge in [-0.05, 0) is 48.7 Å². The maximum absolute atomic E-state index is 5.29. The zero-order valence-electron chi connectivity index (χ0n) is 18.6. The van der Waals surface area contributed by atoms with Crippen LogP contribution in [0.5, 0.6) is 5.75 Å². The smallest absolute Gasteiger partial charge is 0.212 e. The van der Waals surface area contributed by atoms with E-state index in [0.717, 1.165) is 18.2 Å². The first-order chi connectivity index (χ1) is 14.8. The molecule has 0 atom stereocenters. The van der Waals surface area contributed by atoms with E-state index in [9.17, 15) is 0 Å². The van der Waals surface area contributed by atoms with Gasteiger partial charge in [0.15, 0.2) is 6.20 Å². The van der Waals surface area contributed by atoms with Crippen LogP contribution in [0.25, 0.3) is 10.9 Å². The Morgan fingerprint density at radius 1 is 0.903 bits per heavy atom. The highest BCUT2D eigenvalue weighted by Gasteiger charge is 2.14. The van der Waals surface area contributed by atoms with Crippen molar-refractivity contribution in [2.24, 2.45) is 5.92 Å². The number of aromatic nitrogens is 1. The summed E-state index contributed by atoms with van der Waals surface area (Å²) in [7, 11) is 1.71. The molecule has 0 saturated heterocycles. The molecule has 0 spiro atoms. The number of para-hydroxylation sites is 1. The Morgan fingerprint density at radius 2 is 1.68 bits per heavy atom. The Morgan fingerprint density at radius 3 is 2.45 bits per heavy atom. The number of fused-ring (bicyclic) bond motifs is 1. The van der Waals surface area contributed by atoms with E-state index in [1.54, 1.807) is 7.11 Å². The Bertz CT molecular complexity index is 938. The van der Waals surface area contributed by atoms with Crippen LogP contribution in [0.2, 0.25) is 0 Å². The second kappa shape index (κ2) is 12.7. The second-order valence-electron chi connectivity index (χ2n) is 8.56. The summed E-state index contributed by atoms with van der Waals surface area (Å²) in [6.07, 6.45) is 15.1. The fourth-order valence-corrected chi connectivity index (χ4v) is 5.58. The van der Waals surface area contributed by atoms with Gasteiger partial charge in [-0.3, -0.25) is 0 Å². The van der Waals surface area contributed by atoms with E-state index >= 15 is 0 Å². The summed E-state index contributed by atoms with van der Waals surface area (Å²) in [6, 6.07) is 19.4. The van der Waals surface area contributed by atoms with E-state index in [2.05, 4.69) is 53.2 Å². The van der Waals surface area contributed by atoms with Gasteiger partial charge in [0.25, 0.3) is 0 Å². The van der Waals surface area contributed by atoms with Gasteiger partial charge in [0.2, 0.25) is 5.52 Å². The second-order valence-corrected chi connectivity index (χ2v) is 9.71. The van der Waals surface area contributed by atoms with Gasteiger partial charge in [0.05, 0.1) is 12.0 Å². The number of rotatable bonds is 9. The number of halogens is 1. The quantitative estimate of drug-likeness (QED) is 0.224. The molecule has 4 rings (SSSR count). The fourth-order valence-electron chi connectivity index (χ4n) is 4.67. The van der Waals surface area contributed by atoms with Gasteiger partial charge in [-0.25, -0.2) is 0 Å². The Balaban J connectivity index is 0.00000272. The van der Waals surface area contributed by atoms with Gasteiger partial charge >= 0.3 is 0 Å². The van der Waals surface area contributed by atoms with Crippen LogP contribution in [0.3, 0.4) is 0 Å². The van der Waals surface area contributed by atoms with Gasteiger partial charge in [-0.1, -0.05) is 68.8 Å². The predicted molar refractivity (Wildman–Crippen MR) is 126 cm³/mol. The normalized spacial score (nSPS) is 14.4. The molecular formula is C27H34INOS. The SMILES string of the molecule is COc1ccc(Sc2cc3ccccc3[n+](CCCCCC3CCCCC3)c2)cc1.[I-]. The molecule has 31 heavy (non-hydrogen) atoms. The highest BCUT2D eigenvalue weighted by Crippen LogP contribution is 2.30. The van der Waals surface area contributed by atoms with Crippen molar-refractivity contribution in [2.45, 2.75) is 74.1 Å². The van der Waals surface area contributed by atoms with Crippen LogP contribution in [-0.2, 0) is 6.54 Å². The molecule has 4 heteroatoms. The Kier molecular flexibility index (Phi) is 9.97. The highest BCUT2D eigenvalue weighted by atomic mass is 127. The van der Waals surface area contributed by atoms with E-state index in [1.807, 2.05) is 23.9 Å². The van der Waals surface area contributed by atoms with Crippen LogP contribution in [0.4, 0.5) is 0 Å². The minimum Gasteiger partial charge on any atom is -1.00 e. The lowest BCUT2D eigenvalue weighted by Crippen LogP contribution is -3.00. The number of benzene rings is 2. The van der Waals surface area contributed by atoms with Crippen molar-refractivity contribution in [3.63, 3.8) is 0 Å². The molecule has 2 nitrogen and oxygen atoms in total. The molecule has 1 aliphatic carbocycles. The molecule has 0 amide bonds. The first kappa shape index (κ1) is 24.4. The summed E-state index contributed by atoms with van der Waals surface area (Å²) >= 11 is 1.82. The van der Waals surface area contributed by atoms with Crippen molar-refractivity contribution in [1.82, 2.24) is 0 Å². The first-order valence-corrected chi connectivity index (χ1v) is 12.4. The number of pyridine rings is 1. The van der Waals surface area contributed by atoms with E-state index in [4.69, 9.17) is 4.74 Å². The molecule has 2 aromatic carbocycles. The van der Waals surface area contributed by atoms with Gasteiger partial charge < -0.3 is 28.7 Å². The lowest BCUT2D eigenvalue weighted by molar-refractivity contribution is -0.673. The van der Waals surface area contributed by atoms with Crippen LogP contribution in [0.15, 0.2) is 70.6 Å². The number of ether oxygens (including phenoxy) is 1. The van der Waals surface area contributed by atoms with E-state index in [1.165, 1.54) is 78.5 Å². The van der Waals surface area contributed by atoms with Crippen molar-refractivity contribution in [3.8, 4) is 5.75 Å². The number of hydrogen-bond donors (Lipinski definition) is 0. The van der Waals surface area contributed by atoms with Gasteiger partial charge in [-0.15, -0.1) is 0 Å². The fraction of sp³-hybridized carbons (Fsp3) is 0.444. The molecule has 0 aliphatic heterocycles. The van der Waals surface area contributed by atoms with Crippen molar-refractivity contribution >= 4 is 22.7 Å². The Hall–Kier alpha value is -1.27. The number of methoxy groups -OCH3 is 1. The highest BCUT2D eigenvalue weighted by molar-refractivity contribution is 7.99. The van der Waals surface area contributed by atoms with Crippen LogP contribution in [0, 0.1) is 5.92 Å². The van der Waals surface area contributed by atoms with Crippen molar-refractivity contribution in [2.75, 3.05) is 7.11 Å². The van der Waals surface area contributed by atoms with Crippen molar-refractivity contribution in [1.29, 1.82) is 0 Å². The lowest BCUT2D eigenvalue weighted by Gasteiger charge is -2.21. The monoisotopic (exact) mass is 547 g/mol. The van der Waals surface area contributed by atoms with Crippen LogP contribution < -0.4 is 33.3 Å². The average Bonchev–Trinajstić information content (AvgIpc) is 2.80. The predicted octanol–water partition coefficient (Wildman–Crippen LogP) is 4.43. The van der Waals surface area contributed by atoms with Gasteiger partial charge in [-0.2, -0.15) is 4.57 Å². The number of unbranched alkanes of at least 4 members (excludes halogenated alkanes) is 2. The zero-order valence-corrected chi connectivity index (χ0v) is 21.5. The molecule has 166 valence electrons.